The van der Waals surface area contributed by atoms with Crippen LogP contribution in [-0.4, -0.2) is 68.1 Å². The van der Waals surface area contributed by atoms with Gasteiger partial charge in [-0.15, -0.1) is 0 Å². The standard InChI is InChI=1S/C13H26N2O2/c1-3-14-5-7-15(8-6-14)11-17-13-9-12(10-13)16-4-2/h12-13H,3-11H2,1-2H3. The van der Waals surface area contributed by atoms with Gasteiger partial charge in [-0.25, -0.2) is 0 Å². The summed E-state index contributed by atoms with van der Waals surface area (Å²) < 4.78 is 11.4. The molecule has 1 aliphatic carbocycles. The minimum Gasteiger partial charge on any atom is -0.378 e. The Morgan fingerprint density at radius 2 is 1.47 bits per heavy atom. The van der Waals surface area contributed by atoms with Crippen LogP contribution in [0, 0.1) is 0 Å². The van der Waals surface area contributed by atoms with Crippen LogP contribution in [0.4, 0.5) is 0 Å². The molecule has 4 heteroatoms. The monoisotopic (exact) mass is 242 g/mol. The Morgan fingerprint density at radius 3 is 2.06 bits per heavy atom. The van der Waals surface area contributed by atoms with Crippen LogP contribution in [0.15, 0.2) is 0 Å². The topological polar surface area (TPSA) is 24.9 Å². The average Bonchev–Trinajstić information content (AvgIpc) is 2.32. The van der Waals surface area contributed by atoms with Gasteiger partial charge in [0.1, 0.15) is 0 Å². The highest BCUT2D eigenvalue weighted by Gasteiger charge is 2.30. The zero-order valence-electron chi connectivity index (χ0n) is 11.2. The fourth-order valence-electron chi connectivity index (χ4n) is 2.47. The van der Waals surface area contributed by atoms with Crippen molar-refractivity contribution in [3.63, 3.8) is 0 Å². The van der Waals surface area contributed by atoms with E-state index in [-0.39, 0.29) is 0 Å². The number of likely N-dealkylation sites (N-methyl/N-ethyl adjacent to an activating group) is 1. The minimum absolute atomic E-state index is 0.441. The van der Waals surface area contributed by atoms with Crippen LogP contribution in [0.1, 0.15) is 26.7 Å². The Kier molecular flexibility index (Phi) is 5.22. The zero-order valence-corrected chi connectivity index (χ0v) is 11.2. The van der Waals surface area contributed by atoms with Crippen LogP contribution in [0.25, 0.3) is 0 Å². The van der Waals surface area contributed by atoms with Gasteiger partial charge in [0, 0.05) is 45.6 Å². The zero-order chi connectivity index (χ0) is 12.1. The lowest BCUT2D eigenvalue weighted by atomic mass is 9.92. The van der Waals surface area contributed by atoms with Crippen molar-refractivity contribution in [2.45, 2.75) is 38.9 Å². The molecule has 0 bridgehead atoms. The molecule has 0 aromatic rings. The predicted octanol–water partition coefficient (Wildman–Crippen LogP) is 1.17. The third-order valence-corrected chi connectivity index (χ3v) is 3.86. The fraction of sp³-hybridized carbons (Fsp3) is 1.00. The lowest BCUT2D eigenvalue weighted by Gasteiger charge is -2.38. The van der Waals surface area contributed by atoms with Gasteiger partial charge in [0.05, 0.1) is 18.9 Å². The summed E-state index contributed by atoms with van der Waals surface area (Å²) in [5, 5.41) is 0. The van der Waals surface area contributed by atoms with Crippen molar-refractivity contribution in [1.82, 2.24) is 9.80 Å². The van der Waals surface area contributed by atoms with E-state index in [9.17, 15) is 0 Å². The van der Waals surface area contributed by atoms with Gasteiger partial charge in [0.2, 0.25) is 0 Å². The molecule has 1 saturated carbocycles. The smallest absolute Gasteiger partial charge is 0.0994 e. The first-order valence-corrected chi connectivity index (χ1v) is 6.99. The molecule has 0 atom stereocenters. The number of hydrogen-bond donors (Lipinski definition) is 0. The number of ether oxygens (including phenoxy) is 2. The minimum atomic E-state index is 0.441. The van der Waals surface area contributed by atoms with Gasteiger partial charge < -0.3 is 14.4 Å². The Morgan fingerprint density at radius 1 is 0.882 bits per heavy atom. The van der Waals surface area contributed by atoms with Gasteiger partial charge in [-0.2, -0.15) is 0 Å². The van der Waals surface area contributed by atoms with Crippen molar-refractivity contribution in [2.75, 3.05) is 46.1 Å². The first kappa shape index (κ1) is 13.3. The molecule has 0 aromatic heterocycles. The molecule has 0 aromatic carbocycles. The summed E-state index contributed by atoms with van der Waals surface area (Å²) in [6, 6.07) is 0. The molecule has 2 fully saturated rings. The molecular weight excluding hydrogens is 216 g/mol. The van der Waals surface area contributed by atoms with E-state index in [4.69, 9.17) is 9.47 Å². The van der Waals surface area contributed by atoms with Crippen molar-refractivity contribution < 1.29 is 9.47 Å². The Labute approximate surface area is 105 Å². The summed E-state index contributed by atoms with van der Waals surface area (Å²) in [7, 11) is 0. The van der Waals surface area contributed by atoms with E-state index < -0.39 is 0 Å². The molecule has 0 N–H and O–H groups in total. The van der Waals surface area contributed by atoms with Crippen molar-refractivity contribution in [3.05, 3.63) is 0 Å². The van der Waals surface area contributed by atoms with Crippen LogP contribution in [0.2, 0.25) is 0 Å². The maximum absolute atomic E-state index is 5.89. The maximum atomic E-state index is 5.89. The number of rotatable bonds is 6. The largest absolute Gasteiger partial charge is 0.378 e. The van der Waals surface area contributed by atoms with Gasteiger partial charge >= 0.3 is 0 Å². The summed E-state index contributed by atoms with van der Waals surface area (Å²) >= 11 is 0. The lowest BCUT2D eigenvalue weighted by molar-refractivity contribution is -0.126. The summed E-state index contributed by atoms with van der Waals surface area (Å²) in [5.74, 6) is 0. The molecular formula is C13H26N2O2. The molecule has 1 heterocycles. The van der Waals surface area contributed by atoms with Gasteiger partial charge in [0.15, 0.2) is 0 Å². The first-order valence-electron chi connectivity index (χ1n) is 6.99. The predicted molar refractivity (Wildman–Crippen MR) is 68.1 cm³/mol. The van der Waals surface area contributed by atoms with E-state index in [2.05, 4.69) is 23.6 Å². The van der Waals surface area contributed by atoms with Crippen LogP contribution < -0.4 is 0 Å². The molecule has 17 heavy (non-hydrogen) atoms. The number of nitrogens with zero attached hydrogens (tertiary/aromatic N) is 2. The molecule has 1 saturated heterocycles. The van der Waals surface area contributed by atoms with Crippen LogP contribution in [0.3, 0.4) is 0 Å². The van der Waals surface area contributed by atoms with Crippen LogP contribution >= 0.6 is 0 Å². The maximum Gasteiger partial charge on any atom is 0.0994 e. The Bertz CT molecular complexity index is 211. The van der Waals surface area contributed by atoms with Crippen molar-refractivity contribution in [1.29, 1.82) is 0 Å². The Balaban J connectivity index is 1.52. The summed E-state index contributed by atoms with van der Waals surface area (Å²) in [5.41, 5.74) is 0. The third kappa shape index (κ3) is 3.91. The third-order valence-electron chi connectivity index (χ3n) is 3.86. The molecule has 0 radical (unpaired) electrons. The highest BCUT2D eigenvalue weighted by Crippen LogP contribution is 2.26. The van der Waals surface area contributed by atoms with Gasteiger partial charge in [0.25, 0.3) is 0 Å². The normalized spacial score (nSPS) is 31.4. The molecule has 0 spiro atoms. The molecule has 0 amide bonds. The van der Waals surface area contributed by atoms with Crippen LogP contribution in [0.5, 0.6) is 0 Å². The van der Waals surface area contributed by atoms with Crippen molar-refractivity contribution in [2.24, 2.45) is 0 Å². The highest BCUT2D eigenvalue weighted by molar-refractivity contribution is 4.81. The van der Waals surface area contributed by atoms with E-state index >= 15 is 0 Å². The first-order chi connectivity index (χ1) is 8.31. The van der Waals surface area contributed by atoms with Gasteiger partial charge in [-0.1, -0.05) is 6.92 Å². The second-order valence-corrected chi connectivity index (χ2v) is 5.02. The summed E-state index contributed by atoms with van der Waals surface area (Å²) in [6.07, 6.45) is 3.07. The molecule has 1 aliphatic heterocycles. The van der Waals surface area contributed by atoms with Crippen molar-refractivity contribution in [3.8, 4) is 0 Å². The lowest BCUT2D eigenvalue weighted by Crippen LogP contribution is -2.48. The van der Waals surface area contributed by atoms with Gasteiger partial charge in [-0.3, -0.25) is 4.90 Å². The molecule has 0 unspecified atom stereocenters. The average molecular weight is 242 g/mol. The van der Waals surface area contributed by atoms with Crippen LogP contribution in [-0.2, 0) is 9.47 Å². The number of piperazine rings is 1. The van der Waals surface area contributed by atoms with E-state index in [0.29, 0.717) is 12.2 Å². The highest BCUT2D eigenvalue weighted by atomic mass is 16.5. The van der Waals surface area contributed by atoms with E-state index in [1.807, 2.05) is 0 Å². The second kappa shape index (κ2) is 6.69. The quantitative estimate of drug-likeness (QED) is 0.698. The number of hydrogen-bond acceptors (Lipinski definition) is 4. The SMILES string of the molecule is CCOC1CC(OCN2CCN(CC)CC2)C1. The summed E-state index contributed by atoms with van der Waals surface area (Å²) in [6.45, 7) is 11.8. The molecule has 100 valence electrons. The molecule has 2 rings (SSSR count). The fourth-order valence-corrected chi connectivity index (χ4v) is 2.47. The van der Waals surface area contributed by atoms with E-state index in [0.717, 1.165) is 39.3 Å². The second-order valence-electron chi connectivity index (χ2n) is 5.02. The summed E-state index contributed by atoms with van der Waals surface area (Å²) in [4.78, 5) is 4.91. The van der Waals surface area contributed by atoms with E-state index in [1.54, 1.807) is 0 Å². The van der Waals surface area contributed by atoms with Crippen molar-refractivity contribution >= 4 is 0 Å². The Hall–Kier alpha value is -0.160. The van der Waals surface area contributed by atoms with Gasteiger partial charge in [-0.05, 0) is 13.5 Å². The molecule has 4 nitrogen and oxygen atoms in total. The molecule has 2 aliphatic rings. The van der Waals surface area contributed by atoms with E-state index in [1.165, 1.54) is 19.6 Å².